The maximum Gasteiger partial charge on any atom is 0.338 e. The minimum atomic E-state index is -0.767. The molecule has 1 aromatic rings. The largest absolute Gasteiger partial charge is 0.493 e. The Hall–Kier alpha value is -3.34. The summed E-state index contributed by atoms with van der Waals surface area (Å²) >= 11 is 0. The minimum absolute atomic E-state index is 0.0558. The van der Waals surface area contributed by atoms with Gasteiger partial charge in [-0.05, 0) is 31.5 Å². The van der Waals surface area contributed by atoms with Gasteiger partial charge in [0, 0.05) is 0 Å². The van der Waals surface area contributed by atoms with E-state index in [0.717, 1.165) is 0 Å². The van der Waals surface area contributed by atoms with E-state index in [1.165, 1.54) is 7.11 Å². The SMILES string of the molecule is CCOC(=O)C1=C(C)OC(N)=C(C#N)[C@@H]1c1cc(OC)c2c(c1)OCO2. The molecule has 3 rings (SSSR count). The molecule has 2 aliphatic heterocycles. The van der Waals surface area contributed by atoms with Crippen LogP contribution in [0.15, 0.2) is 34.9 Å². The number of nitrogens with two attached hydrogens (primary N) is 1. The van der Waals surface area contributed by atoms with Crippen LogP contribution in [-0.2, 0) is 14.3 Å². The number of carbonyl (C=O) groups excluding carboxylic acids is 1. The zero-order valence-corrected chi connectivity index (χ0v) is 14.6. The number of carbonyl (C=O) groups is 1. The summed E-state index contributed by atoms with van der Waals surface area (Å²) in [6.45, 7) is 3.55. The molecule has 0 aromatic heterocycles. The van der Waals surface area contributed by atoms with Crippen molar-refractivity contribution in [1.82, 2.24) is 0 Å². The minimum Gasteiger partial charge on any atom is -0.493 e. The molecular formula is C18H18N2O6. The fraction of sp³-hybridized carbons (Fsp3) is 0.333. The van der Waals surface area contributed by atoms with Crippen molar-refractivity contribution >= 4 is 5.97 Å². The number of hydrogen-bond donors (Lipinski definition) is 1. The lowest BCUT2D eigenvalue weighted by atomic mass is 9.83. The lowest BCUT2D eigenvalue weighted by molar-refractivity contribution is -0.139. The first kappa shape index (κ1) is 17.5. The highest BCUT2D eigenvalue weighted by Crippen LogP contribution is 2.47. The fourth-order valence-corrected chi connectivity index (χ4v) is 3.00. The van der Waals surface area contributed by atoms with Crippen molar-refractivity contribution in [2.24, 2.45) is 5.73 Å². The summed E-state index contributed by atoms with van der Waals surface area (Å²) in [6, 6.07) is 5.40. The molecule has 26 heavy (non-hydrogen) atoms. The normalized spacial score (nSPS) is 18.3. The van der Waals surface area contributed by atoms with Crippen molar-refractivity contribution in [3.8, 4) is 23.3 Å². The van der Waals surface area contributed by atoms with Crippen molar-refractivity contribution in [1.29, 1.82) is 5.26 Å². The first-order valence-electron chi connectivity index (χ1n) is 7.94. The van der Waals surface area contributed by atoms with Gasteiger partial charge in [-0.2, -0.15) is 5.26 Å². The molecule has 8 nitrogen and oxygen atoms in total. The van der Waals surface area contributed by atoms with Gasteiger partial charge in [0.25, 0.3) is 0 Å². The van der Waals surface area contributed by atoms with Crippen LogP contribution in [0.5, 0.6) is 17.2 Å². The molecule has 0 spiro atoms. The Morgan fingerprint density at radius 3 is 2.85 bits per heavy atom. The first-order chi connectivity index (χ1) is 12.5. The van der Waals surface area contributed by atoms with Gasteiger partial charge in [0.05, 0.1) is 25.2 Å². The second-order valence-corrected chi connectivity index (χ2v) is 5.57. The zero-order chi connectivity index (χ0) is 18.8. The Kier molecular flexibility index (Phi) is 4.63. The van der Waals surface area contributed by atoms with Crippen LogP contribution in [0.1, 0.15) is 25.3 Å². The standard InChI is InChI=1S/C18H18N2O6/c1-4-23-18(21)14-9(2)26-17(20)11(7-19)15(14)10-5-12(22-3)16-13(6-10)24-8-25-16/h5-6,15H,4,8,20H2,1-3H3/t15-/m0/s1. The van der Waals surface area contributed by atoms with Gasteiger partial charge < -0.3 is 29.4 Å². The highest BCUT2D eigenvalue weighted by Gasteiger charge is 2.37. The van der Waals surface area contributed by atoms with Gasteiger partial charge >= 0.3 is 5.97 Å². The van der Waals surface area contributed by atoms with Gasteiger partial charge in [0.15, 0.2) is 11.5 Å². The van der Waals surface area contributed by atoms with E-state index in [-0.39, 0.29) is 36.2 Å². The zero-order valence-electron chi connectivity index (χ0n) is 14.6. The van der Waals surface area contributed by atoms with Crippen LogP contribution in [0.4, 0.5) is 0 Å². The van der Waals surface area contributed by atoms with E-state index in [4.69, 9.17) is 29.4 Å². The third-order valence-corrected chi connectivity index (χ3v) is 4.11. The van der Waals surface area contributed by atoms with Crippen LogP contribution < -0.4 is 19.9 Å². The van der Waals surface area contributed by atoms with Crippen LogP contribution in [-0.4, -0.2) is 26.5 Å². The van der Waals surface area contributed by atoms with Crippen molar-refractivity contribution in [3.05, 3.63) is 40.5 Å². The predicted octanol–water partition coefficient (Wildman–Crippen LogP) is 2.07. The van der Waals surface area contributed by atoms with Gasteiger partial charge in [-0.3, -0.25) is 0 Å². The average molecular weight is 358 g/mol. The molecule has 0 amide bonds. The summed E-state index contributed by atoms with van der Waals surface area (Å²) in [5, 5.41) is 9.60. The number of fused-ring (bicyclic) bond motifs is 1. The maximum atomic E-state index is 12.5. The molecule has 0 bridgehead atoms. The molecule has 0 aliphatic carbocycles. The summed E-state index contributed by atoms with van der Waals surface area (Å²) in [4.78, 5) is 12.5. The summed E-state index contributed by atoms with van der Waals surface area (Å²) in [7, 11) is 1.49. The number of nitriles is 1. The highest BCUT2D eigenvalue weighted by molar-refractivity contribution is 5.92. The Bertz CT molecular complexity index is 865. The van der Waals surface area contributed by atoms with E-state index in [9.17, 15) is 10.1 Å². The van der Waals surface area contributed by atoms with E-state index in [2.05, 4.69) is 0 Å². The molecule has 0 fully saturated rings. The summed E-state index contributed by atoms with van der Waals surface area (Å²) in [5.74, 6) is 0.238. The number of benzene rings is 1. The Morgan fingerprint density at radius 1 is 1.42 bits per heavy atom. The molecule has 0 unspecified atom stereocenters. The second kappa shape index (κ2) is 6.88. The quantitative estimate of drug-likeness (QED) is 0.814. The molecule has 1 aromatic carbocycles. The summed E-state index contributed by atoms with van der Waals surface area (Å²) in [5.41, 5.74) is 6.79. The van der Waals surface area contributed by atoms with E-state index in [1.54, 1.807) is 26.0 Å². The lowest BCUT2D eigenvalue weighted by Crippen LogP contribution is -2.25. The van der Waals surface area contributed by atoms with Crippen molar-refractivity contribution < 1.29 is 28.5 Å². The molecule has 8 heteroatoms. The second-order valence-electron chi connectivity index (χ2n) is 5.57. The number of rotatable bonds is 4. The number of esters is 1. The molecule has 2 heterocycles. The van der Waals surface area contributed by atoms with Crippen molar-refractivity contribution in [2.75, 3.05) is 20.5 Å². The smallest absolute Gasteiger partial charge is 0.338 e. The molecule has 2 aliphatic rings. The van der Waals surface area contributed by atoms with Crippen LogP contribution in [0.25, 0.3) is 0 Å². The van der Waals surface area contributed by atoms with Gasteiger partial charge in [-0.1, -0.05) is 0 Å². The van der Waals surface area contributed by atoms with E-state index in [1.807, 2.05) is 6.07 Å². The number of allylic oxidation sites excluding steroid dienone is 2. The molecule has 0 saturated carbocycles. The number of hydrogen-bond acceptors (Lipinski definition) is 8. The first-order valence-corrected chi connectivity index (χ1v) is 7.94. The molecule has 1 atom stereocenters. The number of ether oxygens (including phenoxy) is 5. The average Bonchev–Trinajstić information content (AvgIpc) is 3.08. The lowest BCUT2D eigenvalue weighted by Gasteiger charge is -2.27. The van der Waals surface area contributed by atoms with Crippen molar-refractivity contribution in [2.45, 2.75) is 19.8 Å². The molecule has 0 saturated heterocycles. The van der Waals surface area contributed by atoms with E-state index >= 15 is 0 Å². The van der Waals surface area contributed by atoms with E-state index in [0.29, 0.717) is 22.8 Å². The summed E-state index contributed by atoms with van der Waals surface area (Å²) < 4.78 is 26.7. The Morgan fingerprint density at radius 2 is 2.19 bits per heavy atom. The van der Waals surface area contributed by atoms with Crippen LogP contribution in [0, 0.1) is 11.3 Å². The Labute approximate surface area is 150 Å². The highest BCUT2D eigenvalue weighted by atomic mass is 16.7. The summed E-state index contributed by atoms with van der Waals surface area (Å²) in [6.07, 6.45) is 0. The van der Waals surface area contributed by atoms with Gasteiger partial charge in [-0.25, -0.2) is 4.79 Å². The molecule has 2 N–H and O–H groups in total. The predicted molar refractivity (Wildman–Crippen MR) is 89.1 cm³/mol. The topological polar surface area (TPSA) is 113 Å². The van der Waals surface area contributed by atoms with Gasteiger partial charge in [-0.15, -0.1) is 0 Å². The number of methoxy groups -OCH3 is 1. The third-order valence-electron chi connectivity index (χ3n) is 4.11. The Balaban J connectivity index is 2.19. The third kappa shape index (κ3) is 2.77. The van der Waals surface area contributed by atoms with Crippen LogP contribution in [0.3, 0.4) is 0 Å². The van der Waals surface area contributed by atoms with Crippen LogP contribution in [0.2, 0.25) is 0 Å². The number of nitrogens with zero attached hydrogens (tertiary/aromatic N) is 1. The van der Waals surface area contributed by atoms with E-state index < -0.39 is 11.9 Å². The molecule has 0 radical (unpaired) electrons. The monoisotopic (exact) mass is 358 g/mol. The van der Waals surface area contributed by atoms with Crippen LogP contribution >= 0.6 is 0 Å². The van der Waals surface area contributed by atoms with Gasteiger partial charge in [0.1, 0.15) is 17.4 Å². The maximum absolute atomic E-state index is 12.5. The fourth-order valence-electron chi connectivity index (χ4n) is 3.00. The van der Waals surface area contributed by atoms with Crippen molar-refractivity contribution in [3.63, 3.8) is 0 Å². The molecular weight excluding hydrogens is 340 g/mol. The molecule has 136 valence electrons. The van der Waals surface area contributed by atoms with Gasteiger partial charge in [0.2, 0.25) is 18.4 Å².